The summed E-state index contributed by atoms with van der Waals surface area (Å²) in [6.07, 6.45) is 2.03. The minimum absolute atomic E-state index is 0.213. The molecule has 2 heterocycles. The first-order chi connectivity index (χ1) is 13.1. The molecular formula is C19H20N2O6. The van der Waals surface area contributed by atoms with Gasteiger partial charge in [0.25, 0.3) is 5.91 Å². The SMILES string of the molecule is COCC(=O)OCC(=O)N1N=C(c2ccc(OC)cc2)C[C@@H]1c1ccco1. The number of hydrogen-bond acceptors (Lipinski definition) is 7. The van der Waals surface area contributed by atoms with E-state index in [2.05, 4.69) is 9.84 Å². The number of amides is 1. The fraction of sp³-hybridized carbons (Fsp3) is 0.316. The molecule has 8 heteroatoms. The molecule has 1 atom stereocenters. The molecular weight excluding hydrogens is 352 g/mol. The zero-order valence-electron chi connectivity index (χ0n) is 15.1. The maximum Gasteiger partial charge on any atom is 0.332 e. The van der Waals surface area contributed by atoms with E-state index in [-0.39, 0.29) is 6.61 Å². The molecule has 1 amide bonds. The minimum atomic E-state index is -0.612. The van der Waals surface area contributed by atoms with Crippen molar-refractivity contribution in [3.63, 3.8) is 0 Å². The molecule has 0 N–H and O–H groups in total. The predicted molar refractivity (Wildman–Crippen MR) is 95.3 cm³/mol. The molecule has 1 aliphatic heterocycles. The first-order valence-corrected chi connectivity index (χ1v) is 8.34. The van der Waals surface area contributed by atoms with Crippen LogP contribution >= 0.6 is 0 Å². The summed E-state index contributed by atoms with van der Waals surface area (Å²) in [5.74, 6) is 0.292. The van der Waals surface area contributed by atoms with Gasteiger partial charge in [0.1, 0.15) is 24.2 Å². The fourth-order valence-corrected chi connectivity index (χ4v) is 2.77. The molecule has 142 valence electrons. The van der Waals surface area contributed by atoms with Crippen LogP contribution in [0.2, 0.25) is 0 Å². The molecule has 0 aliphatic carbocycles. The van der Waals surface area contributed by atoms with Gasteiger partial charge in [0.15, 0.2) is 6.61 Å². The van der Waals surface area contributed by atoms with Crippen LogP contribution in [0.3, 0.4) is 0 Å². The number of hydrazone groups is 1. The Kier molecular flexibility index (Phi) is 5.87. The van der Waals surface area contributed by atoms with E-state index in [9.17, 15) is 9.59 Å². The van der Waals surface area contributed by atoms with Gasteiger partial charge in [0.2, 0.25) is 0 Å². The van der Waals surface area contributed by atoms with Gasteiger partial charge >= 0.3 is 5.97 Å². The second-order valence-electron chi connectivity index (χ2n) is 5.84. The summed E-state index contributed by atoms with van der Waals surface area (Å²) in [6.45, 7) is -0.631. The van der Waals surface area contributed by atoms with Crippen molar-refractivity contribution in [1.82, 2.24) is 5.01 Å². The summed E-state index contributed by atoms with van der Waals surface area (Å²) < 4.78 is 20.2. The second kappa shape index (κ2) is 8.50. The molecule has 0 fully saturated rings. The van der Waals surface area contributed by atoms with Gasteiger partial charge < -0.3 is 18.6 Å². The Bertz CT molecular complexity index is 813. The molecule has 0 bridgehead atoms. The number of methoxy groups -OCH3 is 2. The monoisotopic (exact) mass is 372 g/mol. The van der Waals surface area contributed by atoms with Crippen molar-refractivity contribution in [2.24, 2.45) is 5.10 Å². The van der Waals surface area contributed by atoms with E-state index >= 15 is 0 Å². The molecule has 0 saturated carbocycles. The predicted octanol–water partition coefficient (Wildman–Crippen LogP) is 2.16. The largest absolute Gasteiger partial charge is 0.497 e. The van der Waals surface area contributed by atoms with Gasteiger partial charge in [-0.1, -0.05) is 0 Å². The molecule has 2 aromatic rings. The lowest BCUT2D eigenvalue weighted by atomic mass is 10.0. The van der Waals surface area contributed by atoms with Crippen LogP contribution in [0.4, 0.5) is 0 Å². The third-order valence-electron chi connectivity index (χ3n) is 4.08. The summed E-state index contributed by atoms with van der Waals surface area (Å²) in [5.41, 5.74) is 1.61. The Hall–Kier alpha value is -3.13. The molecule has 1 aromatic carbocycles. The van der Waals surface area contributed by atoms with Crippen LogP contribution in [0.15, 0.2) is 52.2 Å². The Labute approximate surface area is 156 Å². The lowest BCUT2D eigenvalue weighted by Crippen LogP contribution is -2.31. The summed E-state index contributed by atoms with van der Waals surface area (Å²) in [4.78, 5) is 24.0. The first-order valence-electron chi connectivity index (χ1n) is 8.34. The number of carbonyl (C=O) groups excluding carboxylic acids is 2. The van der Waals surface area contributed by atoms with Crippen LogP contribution in [0.5, 0.6) is 5.75 Å². The quantitative estimate of drug-likeness (QED) is 0.692. The second-order valence-corrected chi connectivity index (χ2v) is 5.84. The molecule has 3 rings (SSSR count). The Morgan fingerprint density at radius 1 is 1.19 bits per heavy atom. The average molecular weight is 372 g/mol. The normalized spacial score (nSPS) is 16.1. The number of carbonyl (C=O) groups is 2. The van der Waals surface area contributed by atoms with Crippen molar-refractivity contribution in [3.05, 3.63) is 54.0 Å². The van der Waals surface area contributed by atoms with Crippen molar-refractivity contribution in [2.45, 2.75) is 12.5 Å². The van der Waals surface area contributed by atoms with Crippen LogP contribution in [-0.2, 0) is 19.1 Å². The molecule has 8 nitrogen and oxygen atoms in total. The van der Waals surface area contributed by atoms with Crippen LogP contribution in [0.1, 0.15) is 23.8 Å². The van der Waals surface area contributed by atoms with E-state index in [0.29, 0.717) is 12.2 Å². The average Bonchev–Trinajstić information content (AvgIpc) is 3.36. The smallest absolute Gasteiger partial charge is 0.332 e. The maximum absolute atomic E-state index is 12.6. The maximum atomic E-state index is 12.6. The van der Waals surface area contributed by atoms with Gasteiger partial charge in [-0.3, -0.25) is 4.79 Å². The topological polar surface area (TPSA) is 90.6 Å². The van der Waals surface area contributed by atoms with E-state index in [0.717, 1.165) is 17.0 Å². The summed E-state index contributed by atoms with van der Waals surface area (Å²) in [6, 6.07) is 10.6. The van der Waals surface area contributed by atoms with Crippen molar-refractivity contribution in [3.8, 4) is 5.75 Å². The molecule has 1 aliphatic rings. The Morgan fingerprint density at radius 3 is 2.59 bits per heavy atom. The van der Waals surface area contributed by atoms with Crippen LogP contribution in [0, 0.1) is 0 Å². The lowest BCUT2D eigenvalue weighted by molar-refractivity contribution is -0.155. The zero-order chi connectivity index (χ0) is 19.2. The number of nitrogens with zero attached hydrogens (tertiary/aromatic N) is 2. The summed E-state index contributed by atoms with van der Waals surface area (Å²) in [7, 11) is 2.97. The third kappa shape index (κ3) is 4.35. The van der Waals surface area contributed by atoms with E-state index in [1.807, 2.05) is 24.3 Å². The molecule has 0 spiro atoms. The number of rotatable bonds is 7. The van der Waals surface area contributed by atoms with E-state index < -0.39 is 24.5 Å². The Balaban J connectivity index is 1.79. The molecule has 1 aromatic heterocycles. The molecule has 0 saturated heterocycles. The highest BCUT2D eigenvalue weighted by atomic mass is 16.6. The van der Waals surface area contributed by atoms with Crippen molar-refractivity contribution in [1.29, 1.82) is 0 Å². The van der Waals surface area contributed by atoms with Crippen molar-refractivity contribution < 1.29 is 28.2 Å². The van der Waals surface area contributed by atoms with Gasteiger partial charge in [-0.05, 0) is 42.0 Å². The van der Waals surface area contributed by atoms with Crippen molar-refractivity contribution in [2.75, 3.05) is 27.4 Å². The third-order valence-corrected chi connectivity index (χ3v) is 4.08. The fourth-order valence-electron chi connectivity index (χ4n) is 2.77. The minimum Gasteiger partial charge on any atom is -0.497 e. The molecule has 0 unspecified atom stereocenters. The van der Waals surface area contributed by atoms with Gasteiger partial charge in [-0.25, -0.2) is 9.80 Å². The highest BCUT2D eigenvalue weighted by Crippen LogP contribution is 2.33. The van der Waals surface area contributed by atoms with E-state index in [1.54, 1.807) is 25.5 Å². The van der Waals surface area contributed by atoms with Gasteiger partial charge in [0, 0.05) is 13.5 Å². The molecule has 27 heavy (non-hydrogen) atoms. The standard InChI is InChI=1S/C19H20N2O6/c1-24-12-19(23)27-11-18(22)21-16(17-4-3-9-26-17)10-15(20-21)13-5-7-14(25-2)8-6-13/h3-9,16H,10-12H2,1-2H3/t16-/m1/s1. The lowest BCUT2D eigenvalue weighted by Gasteiger charge is -2.19. The highest BCUT2D eigenvalue weighted by Gasteiger charge is 2.35. The zero-order valence-corrected chi connectivity index (χ0v) is 15.1. The van der Waals surface area contributed by atoms with Gasteiger partial charge in [-0.2, -0.15) is 5.10 Å². The van der Waals surface area contributed by atoms with Crippen LogP contribution in [0.25, 0.3) is 0 Å². The number of hydrogen-bond donors (Lipinski definition) is 0. The Morgan fingerprint density at radius 2 is 1.96 bits per heavy atom. The van der Waals surface area contributed by atoms with Crippen LogP contribution in [-0.4, -0.2) is 50.0 Å². The van der Waals surface area contributed by atoms with E-state index in [4.69, 9.17) is 13.9 Å². The number of furan rings is 1. The number of esters is 1. The molecule has 0 radical (unpaired) electrons. The van der Waals surface area contributed by atoms with Gasteiger partial charge in [0.05, 0.1) is 19.1 Å². The highest BCUT2D eigenvalue weighted by molar-refractivity contribution is 6.03. The number of ether oxygens (including phenoxy) is 3. The van der Waals surface area contributed by atoms with Crippen LogP contribution < -0.4 is 4.74 Å². The summed E-state index contributed by atoms with van der Waals surface area (Å²) in [5, 5.41) is 5.76. The van der Waals surface area contributed by atoms with Crippen molar-refractivity contribution >= 4 is 17.6 Å². The number of benzene rings is 1. The summed E-state index contributed by atoms with van der Waals surface area (Å²) >= 11 is 0. The van der Waals surface area contributed by atoms with Gasteiger partial charge in [-0.15, -0.1) is 0 Å². The van der Waals surface area contributed by atoms with E-state index in [1.165, 1.54) is 12.1 Å². The first kappa shape index (κ1) is 18.7.